The molecular formula is C25H41ClSi3. The van der Waals surface area contributed by atoms with E-state index in [0.717, 1.165) is 5.02 Å². The molecule has 1 aliphatic carbocycles. The Kier molecular flexibility index (Phi) is 8.29. The van der Waals surface area contributed by atoms with Crippen LogP contribution in [0.5, 0.6) is 0 Å². The predicted octanol–water partition coefficient (Wildman–Crippen LogP) is 8.89. The Morgan fingerprint density at radius 3 is 2.03 bits per heavy atom. The van der Waals surface area contributed by atoms with Crippen LogP contribution in [0.3, 0.4) is 0 Å². The van der Waals surface area contributed by atoms with Crippen LogP contribution in [-0.4, -0.2) is 24.2 Å². The van der Waals surface area contributed by atoms with Crippen molar-refractivity contribution in [3.8, 4) is 11.5 Å². The zero-order chi connectivity index (χ0) is 21.8. The lowest BCUT2D eigenvalue weighted by molar-refractivity contribution is 0.431. The van der Waals surface area contributed by atoms with Gasteiger partial charge in [-0.15, -0.1) is 11.5 Å². The lowest BCUT2D eigenvalue weighted by Crippen LogP contribution is -2.44. The number of rotatable bonds is 6. The molecule has 1 fully saturated rings. The molecule has 0 atom stereocenters. The van der Waals surface area contributed by atoms with E-state index < -0.39 is 24.2 Å². The summed E-state index contributed by atoms with van der Waals surface area (Å²) in [5.74, 6) is 3.97. The fraction of sp³-hybridized carbons (Fsp3) is 0.600. The van der Waals surface area contributed by atoms with Gasteiger partial charge < -0.3 is 0 Å². The van der Waals surface area contributed by atoms with Gasteiger partial charge in [0.25, 0.3) is 0 Å². The maximum absolute atomic E-state index is 6.02. The molecule has 0 nitrogen and oxygen atoms in total. The first-order valence-corrected chi connectivity index (χ1v) is 21.7. The second kappa shape index (κ2) is 9.73. The molecule has 0 N–H and O–H groups in total. The van der Waals surface area contributed by atoms with E-state index in [1.165, 1.54) is 49.8 Å². The molecule has 160 valence electrons. The second-order valence-electron chi connectivity index (χ2n) is 11.4. The zero-order valence-corrected chi connectivity index (χ0v) is 23.5. The third-order valence-corrected chi connectivity index (χ3v) is 15.6. The number of benzene rings is 1. The van der Waals surface area contributed by atoms with Crippen LogP contribution >= 0.6 is 11.6 Å². The summed E-state index contributed by atoms with van der Waals surface area (Å²) >= 11 is 6.02. The second-order valence-corrected chi connectivity index (χ2v) is 26.6. The quantitative estimate of drug-likeness (QED) is 0.293. The fourth-order valence-electron chi connectivity index (χ4n) is 4.29. The molecule has 0 saturated heterocycles. The monoisotopic (exact) mass is 460 g/mol. The van der Waals surface area contributed by atoms with Crippen LogP contribution in [0.1, 0.15) is 37.7 Å². The standard InChI is InChI=1S/C25H41ClSi3/c1-27(2,3)20-18-25(16-9-8-10-17-25)29(6,7)22-21-28(4,5)19-15-23-11-13-24(26)14-12-23/h11-15,19H,8-10,16-17,21-22H2,1-7H3. The van der Waals surface area contributed by atoms with Crippen LogP contribution in [0.2, 0.25) is 68.0 Å². The van der Waals surface area contributed by atoms with Crippen LogP contribution in [0.4, 0.5) is 0 Å². The first-order valence-electron chi connectivity index (χ1n) is 11.3. The Labute approximate surface area is 188 Å². The summed E-state index contributed by atoms with van der Waals surface area (Å²) in [4.78, 5) is 0. The van der Waals surface area contributed by atoms with Gasteiger partial charge in [-0.2, -0.15) is 0 Å². The summed E-state index contributed by atoms with van der Waals surface area (Å²) in [6.07, 6.45) is 9.20. The van der Waals surface area contributed by atoms with E-state index in [1.807, 2.05) is 12.1 Å². The maximum Gasteiger partial charge on any atom is 0.129 e. The first kappa shape index (κ1) is 24.7. The fourth-order valence-corrected chi connectivity index (χ4v) is 13.6. The van der Waals surface area contributed by atoms with Crippen molar-refractivity contribution in [3.63, 3.8) is 0 Å². The molecule has 1 saturated carbocycles. The van der Waals surface area contributed by atoms with Crippen molar-refractivity contribution in [2.24, 2.45) is 0 Å². The molecule has 0 radical (unpaired) electrons. The van der Waals surface area contributed by atoms with Crippen LogP contribution < -0.4 is 0 Å². The highest BCUT2D eigenvalue weighted by Gasteiger charge is 2.46. The van der Waals surface area contributed by atoms with Gasteiger partial charge in [0.05, 0.1) is 16.1 Å². The van der Waals surface area contributed by atoms with E-state index in [2.05, 4.69) is 81.2 Å². The largest absolute Gasteiger partial charge is 0.132 e. The van der Waals surface area contributed by atoms with Gasteiger partial charge in [-0.25, -0.2) is 0 Å². The van der Waals surface area contributed by atoms with Crippen molar-refractivity contribution in [1.29, 1.82) is 0 Å². The molecular weight excluding hydrogens is 420 g/mol. The highest BCUT2D eigenvalue weighted by atomic mass is 35.5. The summed E-state index contributed by atoms with van der Waals surface area (Å²) < 4.78 is 0. The Balaban J connectivity index is 2.13. The summed E-state index contributed by atoms with van der Waals surface area (Å²) in [5.41, 5.74) is 7.59. The number of hydrogen-bond acceptors (Lipinski definition) is 0. The van der Waals surface area contributed by atoms with Gasteiger partial charge in [0, 0.05) is 10.1 Å². The molecule has 2 rings (SSSR count). The van der Waals surface area contributed by atoms with Gasteiger partial charge in [-0.05, 0) is 30.5 Å². The van der Waals surface area contributed by atoms with E-state index in [1.54, 1.807) is 0 Å². The Bertz CT molecular complexity index is 752. The third-order valence-electron chi connectivity index (χ3n) is 6.67. The van der Waals surface area contributed by atoms with Crippen LogP contribution in [-0.2, 0) is 0 Å². The topological polar surface area (TPSA) is 0 Å². The predicted molar refractivity (Wildman–Crippen MR) is 142 cm³/mol. The lowest BCUT2D eigenvalue weighted by Gasteiger charge is -2.46. The molecule has 4 heteroatoms. The Morgan fingerprint density at radius 2 is 1.48 bits per heavy atom. The van der Waals surface area contributed by atoms with Crippen molar-refractivity contribution in [2.45, 2.75) is 95.1 Å². The van der Waals surface area contributed by atoms with Gasteiger partial charge in [-0.3, -0.25) is 0 Å². The molecule has 0 heterocycles. The highest BCUT2D eigenvalue weighted by molar-refractivity contribution is 6.87. The van der Waals surface area contributed by atoms with Gasteiger partial charge in [0.1, 0.15) is 8.07 Å². The normalized spacial score (nSPS) is 17.8. The molecule has 0 spiro atoms. The Hall–Kier alpha value is -0.539. The minimum atomic E-state index is -1.45. The summed E-state index contributed by atoms with van der Waals surface area (Å²) in [6, 6.07) is 11.0. The molecule has 0 amide bonds. The van der Waals surface area contributed by atoms with Crippen molar-refractivity contribution < 1.29 is 0 Å². The van der Waals surface area contributed by atoms with Crippen LogP contribution in [0.25, 0.3) is 6.08 Å². The molecule has 29 heavy (non-hydrogen) atoms. The van der Waals surface area contributed by atoms with Crippen molar-refractivity contribution >= 4 is 41.9 Å². The maximum atomic E-state index is 6.02. The number of hydrogen-bond donors (Lipinski definition) is 0. The third kappa shape index (κ3) is 7.58. The van der Waals surface area contributed by atoms with Gasteiger partial charge in [0.2, 0.25) is 0 Å². The van der Waals surface area contributed by atoms with Crippen molar-refractivity contribution in [3.05, 3.63) is 40.6 Å². The van der Waals surface area contributed by atoms with E-state index >= 15 is 0 Å². The van der Waals surface area contributed by atoms with Gasteiger partial charge in [0.15, 0.2) is 0 Å². The smallest absolute Gasteiger partial charge is 0.129 e. The summed E-state index contributed by atoms with van der Waals surface area (Å²) in [7, 11) is -4.16. The molecule has 1 aliphatic rings. The minimum absolute atomic E-state index is 0.357. The summed E-state index contributed by atoms with van der Waals surface area (Å²) in [6.45, 7) is 17.5. The minimum Gasteiger partial charge on any atom is -0.132 e. The van der Waals surface area contributed by atoms with Gasteiger partial charge in [-0.1, -0.05) is 113 Å². The first-order chi connectivity index (χ1) is 13.3. The summed E-state index contributed by atoms with van der Waals surface area (Å²) in [5, 5.41) is 1.17. The zero-order valence-electron chi connectivity index (χ0n) is 19.8. The molecule has 1 aromatic carbocycles. The molecule has 0 unspecified atom stereocenters. The average Bonchev–Trinajstić information content (AvgIpc) is 2.65. The highest BCUT2D eigenvalue weighted by Crippen LogP contribution is 2.52. The van der Waals surface area contributed by atoms with E-state index in [0.29, 0.717) is 5.04 Å². The van der Waals surface area contributed by atoms with E-state index in [4.69, 9.17) is 11.6 Å². The molecule has 0 aliphatic heterocycles. The average molecular weight is 461 g/mol. The van der Waals surface area contributed by atoms with Gasteiger partial charge >= 0.3 is 0 Å². The van der Waals surface area contributed by atoms with Crippen molar-refractivity contribution in [1.82, 2.24) is 0 Å². The molecule has 0 aromatic heterocycles. The SMILES string of the molecule is C[Si](C)(C)C#CC1([Si](C)(C)CC[Si](C)(C)C=Cc2ccc(Cl)cc2)CCCCC1. The molecule has 0 bridgehead atoms. The number of halogens is 1. The van der Waals surface area contributed by atoms with Crippen LogP contribution in [0.15, 0.2) is 30.0 Å². The lowest BCUT2D eigenvalue weighted by atomic mass is 9.89. The molecule has 1 aromatic rings. The van der Waals surface area contributed by atoms with E-state index in [9.17, 15) is 0 Å². The van der Waals surface area contributed by atoms with Crippen LogP contribution in [0, 0.1) is 11.5 Å². The van der Waals surface area contributed by atoms with E-state index in [-0.39, 0.29) is 0 Å². The Morgan fingerprint density at radius 1 is 0.897 bits per heavy atom. The van der Waals surface area contributed by atoms with Crippen molar-refractivity contribution in [2.75, 3.05) is 0 Å².